The van der Waals surface area contributed by atoms with Crippen LogP contribution in [0.1, 0.15) is 6.42 Å². The van der Waals surface area contributed by atoms with Crippen molar-refractivity contribution in [1.29, 1.82) is 0 Å². The fraction of sp³-hybridized carbons (Fsp3) is 0.500. The highest BCUT2D eigenvalue weighted by atomic mass is 32.2. The van der Waals surface area contributed by atoms with Crippen molar-refractivity contribution in [2.75, 3.05) is 25.2 Å². The highest BCUT2D eigenvalue weighted by Gasteiger charge is 2.53. The number of rotatable bonds is 4. The maximum Gasteiger partial charge on any atom is 0.261 e. The van der Waals surface area contributed by atoms with Crippen molar-refractivity contribution in [2.45, 2.75) is 21.4 Å². The number of carbonyl (C=O) groups excluding carboxylic acids is 1. The summed E-state index contributed by atoms with van der Waals surface area (Å²) in [5, 5.41) is 9.00. The Morgan fingerprint density at radius 2 is 1.96 bits per heavy atom. The molecule has 1 spiro atoms. The van der Waals surface area contributed by atoms with Crippen LogP contribution >= 0.6 is 23.5 Å². The van der Waals surface area contributed by atoms with Crippen molar-refractivity contribution in [1.82, 2.24) is 9.79 Å². The van der Waals surface area contributed by atoms with Gasteiger partial charge in [-0.05, 0) is 30.7 Å². The van der Waals surface area contributed by atoms with E-state index in [1.165, 1.54) is 23.5 Å². The molecule has 2 heterocycles. The van der Waals surface area contributed by atoms with Crippen LogP contribution < -0.4 is 10.2 Å². The van der Waals surface area contributed by atoms with Gasteiger partial charge >= 0.3 is 0 Å². The fourth-order valence-electron chi connectivity index (χ4n) is 2.95. The number of carbonyl (C=O) groups is 1. The third-order valence-electron chi connectivity index (χ3n) is 4.14. The maximum absolute atomic E-state index is 13.0. The summed E-state index contributed by atoms with van der Waals surface area (Å²) in [7, 11) is -2.35. The monoisotopic (exact) mass is 390 g/mol. The second-order valence-electron chi connectivity index (χ2n) is 5.53. The summed E-state index contributed by atoms with van der Waals surface area (Å²) >= 11 is 3.36. The van der Waals surface area contributed by atoms with E-state index in [1.807, 2.05) is 0 Å². The van der Waals surface area contributed by atoms with Crippen molar-refractivity contribution >= 4 is 39.5 Å². The molecule has 0 saturated carbocycles. The van der Waals surface area contributed by atoms with Crippen LogP contribution in [0.15, 0.2) is 29.2 Å². The van der Waals surface area contributed by atoms with Gasteiger partial charge in [0, 0.05) is 18.1 Å². The van der Waals surface area contributed by atoms with E-state index in [-0.39, 0.29) is 15.5 Å². The van der Waals surface area contributed by atoms with Gasteiger partial charge in [0.2, 0.25) is 10.0 Å². The van der Waals surface area contributed by atoms with Crippen LogP contribution in [0.4, 0.5) is 0 Å². The molecule has 0 aliphatic carbocycles. The Balaban J connectivity index is 1.95. The zero-order valence-corrected chi connectivity index (χ0v) is 15.4. The second-order valence-corrected chi connectivity index (χ2v) is 10.6. The summed E-state index contributed by atoms with van der Waals surface area (Å²) in [6, 6.07) is 5.14. The van der Waals surface area contributed by atoms with E-state index in [9.17, 15) is 13.2 Å². The number of benzene rings is 1. The van der Waals surface area contributed by atoms with Crippen molar-refractivity contribution < 1.29 is 23.2 Å². The summed E-state index contributed by atoms with van der Waals surface area (Å²) in [6.45, 7) is 0.245. The molecule has 24 heavy (non-hydrogen) atoms. The summed E-state index contributed by atoms with van der Waals surface area (Å²) in [4.78, 5) is 12.1. The summed E-state index contributed by atoms with van der Waals surface area (Å²) in [5.41, 5.74) is 1.60. The standard InChI is InChI=1S/C14H18N2O5S3/c1-21-10-2-4-11(5-3-10)24(19,20)16-9-14(22-6-7-23-14)8-12(16)13(17)15-18/h2-5,12,18H,6-9H2,1H3,(H,15,17)/t12-/m1/s1. The SMILES string of the molecule is COc1ccc(S(=O)(=O)N2CC3(C[C@@H]2C(=O)NO)SCCS3)cc1. The predicted molar refractivity (Wildman–Crippen MR) is 92.9 cm³/mol. The molecule has 2 N–H and O–H groups in total. The maximum atomic E-state index is 13.0. The zero-order chi connectivity index (χ0) is 17.4. The van der Waals surface area contributed by atoms with Crippen LogP contribution in [0.25, 0.3) is 0 Å². The van der Waals surface area contributed by atoms with Crippen molar-refractivity contribution in [3.05, 3.63) is 24.3 Å². The quantitative estimate of drug-likeness (QED) is 0.588. The van der Waals surface area contributed by atoms with Crippen molar-refractivity contribution in [3.8, 4) is 5.75 Å². The second kappa shape index (κ2) is 6.75. The largest absolute Gasteiger partial charge is 0.497 e. The number of hydrogen-bond donors (Lipinski definition) is 2. The number of ether oxygens (including phenoxy) is 1. The van der Waals surface area contributed by atoms with E-state index < -0.39 is 22.0 Å². The number of nitrogens with zero attached hydrogens (tertiary/aromatic N) is 1. The van der Waals surface area contributed by atoms with E-state index in [2.05, 4.69) is 0 Å². The molecule has 1 atom stereocenters. The molecule has 2 aliphatic rings. The molecule has 10 heteroatoms. The van der Waals surface area contributed by atoms with E-state index in [1.54, 1.807) is 41.1 Å². The summed E-state index contributed by atoms with van der Waals surface area (Å²) in [6.07, 6.45) is 0.379. The average molecular weight is 391 g/mol. The van der Waals surface area contributed by atoms with Gasteiger partial charge in [0.15, 0.2) is 0 Å². The Hall–Kier alpha value is -0.940. The number of amides is 1. The average Bonchev–Trinajstić information content (AvgIpc) is 3.22. The van der Waals surface area contributed by atoms with E-state index >= 15 is 0 Å². The number of hydrogen-bond acceptors (Lipinski definition) is 7. The summed E-state index contributed by atoms with van der Waals surface area (Å²) < 4.78 is 31.9. The minimum absolute atomic E-state index is 0.101. The first-order chi connectivity index (χ1) is 11.4. The van der Waals surface area contributed by atoms with Gasteiger partial charge in [-0.3, -0.25) is 10.0 Å². The fourth-order valence-corrected chi connectivity index (χ4v) is 8.01. The van der Waals surface area contributed by atoms with E-state index in [4.69, 9.17) is 9.94 Å². The highest BCUT2D eigenvalue weighted by molar-refractivity contribution is 8.21. The molecule has 1 aromatic rings. The Morgan fingerprint density at radius 3 is 2.50 bits per heavy atom. The van der Waals surface area contributed by atoms with Crippen LogP contribution in [0.5, 0.6) is 5.75 Å². The predicted octanol–water partition coefficient (Wildman–Crippen LogP) is 1.14. The molecular weight excluding hydrogens is 372 g/mol. The van der Waals surface area contributed by atoms with Gasteiger partial charge in [-0.15, -0.1) is 23.5 Å². The van der Waals surface area contributed by atoms with Crippen LogP contribution in [0, 0.1) is 0 Å². The molecule has 2 saturated heterocycles. The molecule has 3 rings (SSSR count). The van der Waals surface area contributed by atoms with Gasteiger partial charge in [-0.2, -0.15) is 4.31 Å². The molecule has 1 aromatic carbocycles. The molecule has 0 radical (unpaired) electrons. The smallest absolute Gasteiger partial charge is 0.261 e. The third kappa shape index (κ3) is 3.13. The number of hydroxylamine groups is 1. The van der Waals surface area contributed by atoms with Crippen LogP contribution in [0.2, 0.25) is 0 Å². The molecule has 7 nitrogen and oxygen atoms in total. The summed E-state index contributed by atoms with van der Waals surface area (Å²) in [5.74, 6) is 1.71. The van der Waals surface area contributed by atoms with Crippen LogP contribution in [0.3, 0.4) is 0 Å². The number of thioether (sulfide) groups is 2. The minimum atomic E-state index is -3.85. The van der Waals surface area contributed by atoms with Crippen LogP contribution in [-0.2, 0) is 14.8 Å². The van der Waals surface area contributed by atoms with Gasteiger partial charge in [-0.25, -0.2) is 13.9 Å². The van der Waals surface area contributed by atoms with Gasteiger partial charge in [-0.1, -0.05) is 0 Å². The van der Waals surface area contributed by atoms with Gasteiger partial charge in [0.1, 0.15) is 11.8 Å². The minimum Gasteiger partial charge on any atom is -0.497 e. The van der Waals surface area contributed by atoms with E-state index in [0.29, 0.717) is 12.2 Å². The first-order valence-corrected chi connectivity index (χ1v) is 10.7. The third-order valence-corrected chi connectivity index (χ3v) is 9.44. The molecule has 0 unspecified atom stereocenters. The first-order valence-electron chi connectivity index (χ1n) is 7.30. The lowest BCUT2D eigenvalue weighted by Crippen LogP contribution is -2.45. The molecule has 1 amide bonds. The first kappa shape index (κ1) is 17.9. The molecule has 0 bridgehead atoms. The van der Waals surface area contributed by atoms with Crippen molar-refractivity contribution in [3.63, 3.8) is 0 Å². The number of methoxy groups -OCH3 is 1. The van der Waals surface area contributed by atoms with Gasteiger partial charge in [0.25, 0.3) is 5.91 Å². The number of sulfonamides is 1. The van der Waals surface area contributed by atoms with E-state index in [0.717, 1.165) is 11.5 Å². The molecular formula is C14H18N2O5S3. The number of nitrogens with one attached hydrogen (secondary N) is 1. The Kier molecular flexibility index (Phi) is 5.03. The lowest BCUT2D eigenvalue weighted by atomic mass is 10.2. The molecule has 0 aromatic heterocycles. The van der Waals surface area contributed by atoms with Gasteiger partial charge < -0.3 is 4.74 Å². The normalized spacial score (nSPS) is 23.5. The zero-order valence-electron chi connectivity index (χ0n) is 13.0. The Bertz CT molecular complexity index is 716. The Labute approximate surface area is 149 Å². The molecule has 2 fully saturated rings. The molecule has 2 aliphatic heterocycles. The lowest BCUT2D eigenvalue weighted by molar-refractivity contribution is -0.132. The molecule has 132 valence electrons. The lowest BCUT2D eigenvalue weighted by Gasteiger charge is -2.23. The topological polar surface area (TPSA) is 95.9 Å². The van der Waals surface area contributed by atoms with Crippen molar-refractivity contribution in [2.24, 2.45) is 0 Å². The van der Waals surface area contributed by atoms with Gasteiger partial charge in [0.05, 0.1) is 16.1 Å². The highest BCUT2D eigenvalue weighted by Crippen LogP contribution is 2.52. The Morgan fingerprint density at radius 1 is 1.33 bits per heavy atom. The van der Waals surface area contributed by atoms with Crippen LogP contribution in [-0.4, -0.2) is 59.1 Å².